The zero-order valence-corrected chi connectivity index (χ0v) is 12.6. The SMILES string of the molecule is COC(=O)[C@@]1(c2ccccc2)N=N[C@H](C)[C@@H]1c1ccccc1. The van der Waals surface area contributed by atoms with E-state index in [4.69, 9.17) is 4.74 Å². The van der Waals surface area contributed by atoms with Crippen LogP contribution in [0.25, 0.3) is 0 Å². The molecule has 0 amide bonds. The van der Waals surface area contributed by atoms with E-state index >= 15 is 0 Å². The topological polar surface area (TPSA) is 51.0 Å². The lowest BCUT2D eigenvalue weighted by molar-refractivity contribution is -0.148. The number of esters is 1. The fraction of sp³-hybridized carbons (Fsp3) is 0.278. The maximum absolute atomic E-state index is 12.7. The van der Waals surface area contributed by atoms with Crippen molar-refractivity contribution in [2.75, 3.05) is 7.11 Å². The minimum absolute atomic E-state index is 0.0956. The van der Waals surface area contributed by atoms with Gasteiger partial charge < -0.3 is 4.74 Å². The van der Waals surface area contributed by atoms with Crippen LogP contribution in [0.5, 0.6) is 0 Å². The summed E-state index contributed by atoms with van der Waals surface area (Å²) >= 11 is 0. The lowest BCUT2D eigenvalue weighted by Crippen LogP contribution is -2.41. The molecule has 2 aromatic rings. The molecule has 0 aromatic heterocycles. The first-order valence-electron chi connectivity index (χ1n) is 7.31. The Morgan fingerprint density at radius 2 is 1.64 bits per heavy atom. The molecule has 0 N–H and O–H groups in total. The van der Waals surface area contributed by atoms with Gasteiger partial charge in [-0.15, -0.1) is 0 Å². The molecular weight excluding hydrogens is 276 g/mol. The number of azo groups is 1. The van der Waals surface area contributed by atoms with Crippen molar-refractivity contribution in [3.63, 3.8) is 0 Å². The van der Waals surface area contributed by atoms with Crippen molar-refractivity contribution in [2.24, 2.45) is 10.2 Å². The van der Waals surface area contributed by atoms with E-state index in [0.717, 1.165) is 11.1 Å². The van der Waals surface area contributed by atoms with Gasteiger partial charge in [0.25, 0.3) is 0 Å². The van der Waals surface area contributed by atoms with Crippen molar-refractivity contribution in [3.05, 3.63) is 71.8 Å². The van der Waals surface area contributed by atoms with Crippen LogP contribution in [-0.4, -0.2) is 19.1 Å². The van der Waals surface area contributed by atoms with E-state index in [9.17, 15) is 4.79 Å². The molecule has 2 aromatic carbocycles. The quantitative estimate of drug-likeness (QED) is 0.811. The predicted molar refractivity (Wildman–Crippen MR) is 83.6 cm³/mol. The third-order valence-corrected chi connectivity index (χ3v) is 4.20. The van der Waals surface area contributed by atoms with Crippen LogP contribution in [0, 0.1) is 0 Å². The average Bonchev–Trinajstić information content (AvgIpc) is 2.94. The van der Waals surface area contributed by atoms with Gasteiger partial charge in [-0.25, -0.2) is 4.79 Å². The van der Waals surface area contributed by atoms with Crippen molar-refractivity contribution in [3.8, 4) is 0 Å². The maximum atomic E-state index is 12.7. The number of ether oxygens (including phenoxy) is 1. The van der Waals surface area contributed by atoms with Crippen LogP contribution in [0.3, 0.4) is 0 Å². The molecule has 4 nitrogen and oxygen atoms in total. The Balaban J connectivity index is 2.20. The van der Waals surface area contributed by atoms with Gasteiger partial charge in [-0.05, 0) is 18.1 Å². The van der Waals surface area contributed by atoms with Gasteiger partial charge in [-0.1, -0.05) is 60.7 Å². The lowest BCUT2D eigenvalue weighted by atomic mass is 9.73. The van der Waals surface area contributed by atoms with Crippen LogP contribution in [0.4, 0.5) is 0 Å². The number of hydrogen-bond acceptors (Lipinski definition) is 4. The average molecular weight is 294 g/mol. The summed E-state index contributed by atoms with van der Waals surface area (Å²) in [5.41, 5.74) is 0.731. The van der Waals surface area contributed by atoms with E-state index in [0.29, 0.717) is 0 Å². The van der Waals surface area contributed by atoms with Crippen molar-refractivity contribution < 1.29 is 9.53 Å². The highest BCUT2D eigenvalue weighted by Crippen LogP contribution is 2.48. The fourth-order valence-electron chi connectivity index (χ4n) is 3.21. The van der Waals surface area contributed by atoms with Gasteiger partial charge in [0.15, 0.2) is 0 Å². The summed E-state index contributed by atoms with van der Waals surface area (Å²) in [4.78, 5) is 12.7. The number of hydrogen-bond donors (Lipinski definition) is 0. The first kappa shape index (κ1) is 14.4. The molecule has 0 bridgehead atoms. The summed E-state index contributed by atoms with van der Waals surface area (Å²) in [5, 5.41) is 8.71. The van der Waals surface area contributed by atoms with Gasteiger partial charge in [-0.2, -0.15) is 10.2 Å². The number of rotatable bonds is 3. The fourth-order valence-corrected chi connectivity index (χ4v) is 3.21. The molecule has 112 valence electrons. The van der Waals surface area contributed by atoms with Crippen LogP contribution in [0.1, 0.15) is 24.0 Å². The Kier molecular flexibility index (Phi) is 3.75. The minimum atomic E-state index is -1.11. The highest BCUT2D eigenvalue weighted by molar-refractivity contribution is 5.85. The number of methoxy groups -OCH3 is 1. The smallest absolute Gasteiger partial charge is 0.341 e. The van der Waals surface area contributed by atoms with Crippen molar-refractivity contribution in [1.82, 2.24) is 0 Å². The monoisotopic (exact) mass is 294 g/mol. The standard InChI is InChI=1S/C18H18N2O2/c1-13-16(14-9-5-3-6-10-14)18(20-19-13,17(21)22-2)15-11-7-4-8-12-15/h3-13,16H,1-2H3/t13-,16-,18+/m1/s1. The zero-order valence-electron chi connectivity index (χ0n) is 12.6. The second-order valence-electron chi connectivity index (χ2n) is 5.47. The Bertz CT molecular complexity index is 685. The van der Waals surface area contributed by atoms with Gasteiger partial charge in [0.05, 0.1) is 19.1 Å². The van der Waals surface area contributed by atoms with Crippen molar-refractivity contribution in [1.29, 1.82) is 0 Å². The normalized spacial score (nSPS) is 26.8. The van der Waals surface area contributed by atoms with Crippen LogP contribution < -0.4 is 0 Å². The molecule has 0 radical (unpaired) electrons. The number of carbonyl (C=O) groups is 1. The predicted octanol–water partition coefficient (Wildman–Crippen LogP) is 3.69. The van der Waals surface area contributed by atoms with Crippen LogP contribution in [0.15, 0.2) is 70.9 Å². The summed E-state index contributed by atoms with van der Waals surface area (Å²) in [6.07, 6.45) is 0. The van der Waals surface area contributed by atoms with Gasteiger partial charge >= 0.3 is 5.97 Å². The van der Waals surface area contributed by atoms with E-state index in [1.165, 1.54) is 7.11 Å². The van der Waals surface area contributed by atoms with Crippen LogP contribution in [0.2, 0.25) is 0 Å². The third-order valence-electron chi connectivity index (χ3n) is 4.20. The molecule has 3 atom stereocenters. The first-order chi connectivity index (χ1) is 10.7. The van der Waals surface area contributed by atoms with E-state index in [2.05, 4.69) is 10.2 Å². The molecule has 0 saturated carbocycles. The molecule has 1 aliphatic heterocycles. The molecule has 1 heterocycles. The third kappa shape index (κ3) is 2.11. The zero-order chi connectivity index (χ0) is 15.6. The molecule has 22 heavy (non-hydrogen) atoms. The Morgan fingerprint density at radius 1 is 1.05 bits per heavy atom. The van der Waals surface area contributed by atoms with Crippen LogP contribution >= 0.6 is 0 Å². The number of benzene rings is 2. The molecule has 0 unspecified atom stereocenters. The molecule has 1 aliphatic rings. The van der Waals surface area contributed by atoms with Crippen LogP contribution in [-0.2, 0) is 15.1 Å². The highest BCUT2D eigenvalue weighted by atomic mass is 16.5. The number of nitrogens with zero attached hydrogens (tertiary/aromatic N) is 2. The second kappa shape index (κ2) is 5.72. The van der Waals surface area contributed by atoms with E-state index in [1.807, 2.05) is 67.6 Å². The second-order valence-corrected chi connectivity index (χ2v) is 5.47. The summed E-state index contributed by atoms with van der Waals surface area (Å²) < 4.78 is 5.10. The number of carbonyl (C=O) groups excluding carboxylic acids is 1. The summed E-state index contributed by atoms with van der Waals surface area (Å²) in [7, 11) is 1.40. The molecule has 0 aliphatic carbocycles. The van der Waals surface area contributed by atoms with E-state index < -0.39 is 5.54 Å². The summed E-state index contributed by atoms with van der Waals surface area (Å²) in [6, 6.07) is 19.4. The lowest BCUT2D eigenvalue weighted by Gasteiger charge is -2.31. The molecule has 4 heteroatoms. The Morgan fingerprint density at radius 3 is 2.23 bits per heavy atom. The molecule has 0 saturated heterocycles. The van der Waals surface area contributed by atoms with Gasteiger partial charge in [-0.3, -0.25) is 0 Å². The van der Waals surface area contributed by atoms with Crippen molar-refractivity contribution in [2.45, 2.75) is 24.4 Å². The van der Waals surface area contributed by atoms with Crippen molar-refractivity contribution >= 4 is 5.97 Å². The maximum Gasteiger partial charge on any atom is 0.341 e. The van der Waals surface area contributed by atoms with Gasteiger partial charge in [0.2, 0.25) is 5.54 Å². The minimum Gasteiger partial charge on any atom is -0.467 e. The molecular formula is C18H18N2O2. The Labute approximate surface area is 129 Å². The summed E-state index contributed by atoms with van der Waals surface area (Å²) in [5.74, 6) is -0.552. The van der Waals surface area contributed by atoms with Gasteiger partial charge in [0, 0.05) is 0 Å². The van der Waals surface area contributed by atoms with E-state index in [-0.39, 0.29) is 17.9 Å². The summed E-state index contributed by atoms with van der Waals surface area (Å²) in [6.45, 7) is 1.98. The molecule has 0 fully saturated rings. The Hall–Kier alpha value is -2.49. The largest absolute Gasteiger partial charge is 0.467 e. The molecule has 3 rings (SSSR count). The van der Waals surface area contributed by atoms with Gasteiger partial charge in [0.1, 0.15) is 0 Å². The molecule has 0 spiro atoms. The highest BCUT2D eigenvalue weighted by Gasteiger charge is 2.55. The first-order valence-corrected chi connectivity index (χ1v) is 7.31. The van der Waals surface area contributed by atoms with E-state index in [1.54, 1.807) is 0 Å².